The molecule has 0 heterocycles. The SMILES string of the molecule is CCC1CCC(N)(C(=O)OCCOC)CC1. The summed E-state index contributed by atoms with van der Waals surface area (Å²) in [6, 6.07) is 0. The zero-order valence-corrected chi connectivity index (χ0v) is 10.3. The lowest BCUT2D eigenvalue weighted by molar-refractivity contribution is -0.153. The minimum Gasteiger partial charge on any atom is -0.462 e. The molecule has 0 bridgehead atoms. The van der Waals surface area contributed by atoms with Gasteiger partial charge in [-0.25, -0.2) is 0 Å². The highest BCUT2D eigenvalue weighted by Crippen LogP contribution is 2.32. The van der Waals surface area contributed by atoms with E-state index >= 15 is 0 Å². The molecule has 0 aliphatic heterocycles. The molecule has 0 aromatic rings. The van der Waals surface area contributed by atoms with Crippen molar-refractivity contribution in [1.82, 2.24) is 0 Å². The number of carbonyl (C=O) groups excluding carboxylic acids is 1. The lowest BCUT2D eigenvalue weighted by atomic mass is 9.76. The predicted molar refractivity (Wildman–Crippen MR) is 62.0 cm³/mol. The molecule has 0 radical (unpaired) electrons. The molecule has 1 rings (SSSR count). The van der Waals surface area contributed by atoms with Crippen molar-refractivity contribution in [3.63, 3.8) is 0 Å². The van der Waals surface area contributed by atoms with E-state index in [1.807, 2.05) is 0 Å². The summed E-state index contributed by atoms with van der Waals surface area (Å²) < 4.78 is 9.93. The Morgan fingerprint density at radius 2 is 2.00 bits per heavy atom. The second kappa shape index (κ2) is 6.21. The summed E-state index contributed by atoms with van der Waals surface area (Å²) in [5, 5.41) is 0. The Kier molecular flexibility index (Phi) is 5.22. The monoisotopic (exact) mass is 229 g/mol. The Hall–Kier alpha value is -0.610. The lowest BCUT2D eigenvalue weighted by Crippen LogP contribution is -2.51. The Balaban J connectivity index is 2.36. The van der Waals surface area contributed by atoms with Gasteiger partial charge in [0, 0.05) is 7.11 Å². The zero-order valence-electron chi connectivity index (χ0n) is 10.3. The topological polar surface area (TPSA) is 61.6 Å². The number of esters is 1. The van der Waals surface area contributed by atoms with E-state index in [2.05, 4.69) is 6.92 Å². The third-order valence-electron chi connectivity index (χ3n) is 3.50. The van der Waals surface area contributed by atoms with E-state index in [0.29, 0.717) is 13.2 Å². The largest absolute Gasteiger partial charge is 0.462 e. The molecule has 0 amide bonds. The van der Waals surface area contributed by atoms with Crippen LogP contribution in [0.1, 0.15) is 39.0 Å². The van der Waals surface area contributed by atoms with Crippen LogP contribution in [0, 0.1) is 5.92 Å². The highest BCUT2D eigenvalue weighted by atomic mass is 16.6. The van der Waals surface area contributed by atoms with Crippen LogP contribution in [0.3, 0.4) is 0 Å². The molecule has 2 N–H and O–H groups in total. The summed E-state index contributed by atoms with van der Waals surface area (Å²) in [6.45, 7) is 2.91. The van der Waals surface area contributed by atoms with Crippen LogP contribution in [0.25, 0.3) is 0 Å². The average molecular weight is 229 g/mol. The Morgan fingerprint density at radius 1 is 1.38 bits per heavy atom. The van der Waals surface area contributed by atoms with Crippen molar-refractivity contribution in [2.45, 2.75) is 44.6 Å². The highest BCUT2D eigenvalue weighted by molar-refractivity contribution is 5.80. The third kappa shape index (κ3) is 3.46. The van der Waals surface area contributed by atoms with Gasteiger partial charge in [-0.2, -0.15) is 0 Å². The minimum atomic E-state index is -0.751. The van der Waals surface area contributed by atoms with Crippen LogP contribution in [-0.2, 0) is 14.3 Å². The number of methoxy groups -OCH3 is 1. The molecule has 1 aliphatic carbocycles. The first-order chi connectivity index (χ1) is 7.62. The van der Waals surface area contributed by atoms with Gasteiger partial charge in [-0.05, 0) is 31.6 Å². The zero-order chi connectivity index (χ0) is 12.0. The standard InChI is InChI=1S/C12H23NO3/c1-3-10-4-6-12(13,7-5-10)11(14)16-9-8-15-2/h10H,3-9,13H2,1-2H3. The normalized spacial score (nSPS) is 30.1. The second-order valence-electron chi connectivity index (χ2n) is 4.64. The van der Waals surface area contributed by atoms with Gasteiger partial charge in [-0.1, -0.05) is 13.3 Å². The van der Waals surface area contributed by atoms with Crippen LogP contribution < -0.4 is 5.73 Å². The molecule has 4 nitrogen and oxygen atoms in total. The first kappa shape index (κ1) is 13.5. The molecular weight excluding hydrogens is 206 g/mol. The van der Waals surface area contributed by atoms with Gasteiger partial charge in [0.15, 0.2) is 0 Å². The van der Waals surface area contributed by atoms with Crippen LogP contribution in [0.4, 0.5) is 0 Å². The van der Waals surface area contributed by atoms with Crippen molar-refractivity contribution >= 4 is 5.97 Å². The summed E-state index contributed by atoms with van der Waals surface area (Å²) in [7, 11) is 1.58. The van der Waals surface area contributed by atoms with E-state index in [0.717, 1.165) is 31.6 Å². The summed E-state index contributed by atoms with van der Waals surface area (Å²) in [5.74, 6) is 0.461. The van der Waals surface area contributed by atoms with Crippen molar-refractivity contribution in [2.24, 2.45) is 11.7 Å². The summed E-state index contributed by atoms with van der Waals surface area (Å²) in [5.41, 5.74) is 5.34. The van der Waals surface area contributed by atoms with Crippen molar-refractivity contribution < 1.29 is 14.3 Å². The van der Waals surface area contributed by atoms with Gasteiger partial charge in [0.05, 0.1) is 6.61 Å². The first-order valence-corrected chi connectivity index (χ1v) is 6.07. The van der Waals surface area contributed by atoms with Gasteiger partial charge in [0.2, 0.25) is 0 Å². The Bertz CT molecular complexity index is 222. The number of hydrogen-bond acceptors (Lipinski definition) is 4. The molecule has 1 saturated carbocycles. The quantitative estimate of drug-likeness (QED) is 0.573. The Labute approximate surface area is 97.5 Å². The van der Waals surface area contributed by atoms with Crippen LogP contribution >= 0.6 is 0 Å². The van der Waals surface area contributed by atoms with Crippen molar-refractivity contribution in [3.05, 3.63) is 0 Å². The fraction of sp³-hybridized carbons (Fsp3) is 0.917. The third-order valence-corrected chi connectivity index (χ3v) is 3.50. The molecule has 1 fully saturated rings. The van der Waals surface area contributed by atoms with E-state index < -0.39 is 5.54 Å². The fourth-order valence-electron chi connectivity index (χ4n) is 2.17. The van der Waals surface area contributed by atoms with Gasteiger partial charge in [-0.15, -0.1) is 0 Å². The van der Waals surface area contributed by atoms with Crippen molar-refractivity contribution in [3.8, 4) is 0 Å². The molecule has 0 aromatic heterocycles. The van der Waals surface area contributed by atoms with Gasteiger partial charge >= 0.3 is 5.97 Å². The maximum Gasteiger partial charge on any atom is 0.326 e. The number of rotatable bonds is 5. The summed E-state index contributed by atoms with van der Waals surface area (Å²) >= 11 is 0. The van der Waals surface area contributed by atoms with Crippen LogP contribution in [0.5, 0.6) is 0 Å². The minimum absolute atomic E-state index is 0.265. The van der Waals surface area contributed by atoms with Gasteiger partial charge < -0.3 is 15.2 Å². The molecule has 0 spiro atoms. The van der Waals surface area contributed by atoms with E-state index in [4.69, 9.17) is 15.2 Å². The molecule has 0 atom stereocenters. The van der Waals surface area contributed by atoms with Crippen molar-refractivity contribution in [1.29, 1.82) is 0 Å². The van der Waals surface area contributed by atoms with E-state index in [1.54, 1.807) is 7.11 Å². The van der Waals surface area contributed by atoms with Gasteiger partial charge in [0.25, 0.3) is 0 Å². The number of carbonyl (C=O) groups is 1. The fourth-order valence-corrected chi connectivity index (χ4v) is 2.17. The molecule has 1 aliphatic rings. The maximum atomic E-state index is 11.8. The predicted octanol–water partition coefficient (Wildman–Crippen LogP) is 1.47. The molecule has 0 saturated heterocycles. The molecule has 94 valence electrons. The second-order valence-corrected chi connectivity index (χ2v) is 4.64. The van der Waals surface area contributed by atoms with E-state index in [-0.39, 0.29) is 5.97 Å². The van der Waals surface area contributed by atoms with Crippen LogP contribution in [0.15, 0.2) is 0 Å². The van der Waals surface area contributed by atoms with E-state index in [1.165, 1.54) is 6.42 Å². The van der Waals surface area contributed by atoms with Crippen molar-refractivity contribution in [2.75, 3.05) is 20.3 Å². The molecule has 0 unspecified atom stereocenters. The number of hydrogen-bond donors (Lipinski definition) is 1. The van der Waals surface area contributed by atoms with Gasteiger partial charge in [-0.3, -0.25) is 4.79 Å². The lowest BCUT2D eigenvalue weighted by Gasteiger charge is -2.34. The Morgan fingerprint density at radius 3 is 2.50 bits per heavy atom. The maximum absolute atomic E-state index is 11.8. The van der Waals surface area contributed by atoms with Gasteiger partial charge in [0.1, 0.15) is 12.1 Å². The average Bonchev–Trinajstić information content (AvgIpc) is 2.30. The van der Waals surface area contributed by atoms with E-state index in [9.17, 15) is 4.79 Å². The summed E-state index contributed by atoms with van der Waals surface area (Å²) in [4.78, 5) is 11.8. The van der Waals surface area contributed by atoms with Crippen LogP contribution in [-0.4, -0.2) is 31.8 Å². The number of ether oxygens (including phenoxy) is 2. The molecule has 0 aromatic carbocycles. The smallest absolute Gasteiger partial charge is 0.326 e. The molecule has 4 heteroatoms. The molecular formula is C12H23NO3. The molecule has 16 heavy (non-hydrogen) atoms. The van der Waals surface area contributed by atoms with Crippen LogP contribution in [0.2, 0.25) is 0 Å². The first-order valence-electron chi connectivity index (χ1n) is 6.07. The summed E-state index contributed by atoms with van der Waals surface area (Å²) in [6.07, 6.45) is 4.74. The number of nitrogens with two attached hydrogens (primary N) is 1. The highest BCUT2D eigenvalue weighted by Gasteiger charge is 2.39.